The smallest absolute Gasteiger partial charge is 0.346 e. The molecule has 2 N–H and O–H groups in total. The molecule has 33 heavy (non-hydrogen) atoms. The molecule has 1 aliphatic carbocycles. The molecule has 1 unspecified atom stereocenters. The lowest BCUT2D eigenvalue weighted by Gasteiger charge is -2.42. The van der Waals surface area contributed by atoms with Crippen molar-refractivity contribution < 1.29 is 31.1 Å². The van der Waals surface area contributed by atoms with Gasteiger partial charge < -0.3 is 10.6 Å². The summed E-state index contributed by atoms with van der Waals surface area (Å²) in [6.45, 7) is 1.32. The molecule has 3 nitrogen and oxygen atoms in total. The lowest BCUT2D eigenvalue weighted by atomic mass is 9.74. The maximum Gasteiger partial charge on any atom is 0.416 e. The summed E-state index contributed by atoms with van der Waals surface area (Å²) in [7, 11) is 1.85. The summed E-state index contributed by atoms with van der Waals surface area (Å²) in [4.78, 5) is 13.2. The first-order valence-electron chi connectivity index (χ1n) is 10.7. The van der Waals surface area contributed by atoms with E-state index in [1.165, 1.54) is 6.92 Å². The number of nitrogens with one attached hydrogen (secondary N) is 2. The van der Waals surface area contributed by atoms with Crippen LogP contribution in [0.1, 0.15) is 60.8 Å². The summed E-state index contributed by atoms with van der Waals surface area (Å²) in [6.07, 6.45) is -7.22. The molecular formula is C24H26F6N2O. The first-order chi connectivity index (χ1) is 15.4. The van der Waals surface area contributed by atoms with Gasteiger partial charge in [0.1, 0.15) is 0 Å². The number of benzene rings is 2. The van der Waals surface area contributed by atoms with Gasteiger partial charge in [0.2, 0.25) is 5.91 Å². The van der Waals surface area contributed by atoms with Crippen LogP contribution in [0.3, 0.4) is 0 Å². The number of amides is 1. The molecule has 0 radical (unpaired) electrons. The normalized spacial score (nSPS) is 22.6. The molecule has 2 aromatic rings. The van der Waals surface area contributed by atoms with Crippen molar-refractivity contribution in [2.45, 2.75) is 62.5 Å². The van der Waals surface area contributed by atoms with Crippen molar-refractivity contribution in [3.63, 3.8) is 0 Å². The van der Waals surface area contributed by atoms with Gasteiger partial charge in [-0.2, -0.15) is 26.3 Å². The van der Waals surface area contributed by atoms with Gasteiger partial charge in [0, 0.05) is 6.04 Å². The first kappa shape index (κ1) is 25.1. The van der Waals surface area contributed by atoms with Gasteiger partial charge in [-0.1, -0.05) is 30.3 Å². The quantitative estimate of drug-likeness (QED) is 0.524. The highest BCUT2D eigenvalue weighted by Gasteiger charge is 2.40. The van der Waals surface area contributed by atoms with Crippen LogP contribution in [-0.4, -0.2) is 19.0 Å². The average molecular weight is 472 g/mol. The molecule has 0 spiro atoms. The SMILES string of the molecule is CN[C@H]1CC[C@@](NC(=O)C(C)c2cc(C(F)(F)F)cc(C(F)(F)F)c2)(c2ccccc2)CC1. The second-order valence-corrected chi connectivity index (χ2v) is 8.56. The van der Waals surface area contributed by atoms with Crippen molar-refractivity contribution in [3.8, 4) is 0 Å². The Labute approximate surface area is 188 Å². The van der Waals surface area contributed by atoms with Gasteiger partial charge in [-0.15, -0.1) is 0 Å². The summed E-state index contributed by atoms with van der Waals surface area (Å²) in [5.74, 6) is -1.83. The van der Waals surface area contributed by atoms with Gasteiger partial charge in [-0.3, -0.25) is 4.79 Å². The molecule has 1 aliphatic rings. The van der Waals surface area contributed by atoms with Crippen molar-refractivity contribution in [2.24, 2.45) is 0 Å². The van der Waals surface area contributed by atoms with Crippen LogP contribution < -0.4 is 10.6 Å². The summed E-state index contributed by atoms with van der Waals surface area (Å²) in [6, 6.07) is 10.8. The van der Waals surface area contributed by atoms with E-state index in [-0.39, 0.29) is 17.7 Å². The molecule has 0 saturated heterocycles. The number of rotatable bonds is 5. The van der Waals surface area contributed by atoms with Crippen LogP contribution in [0.2, 0.25) is 0 Å². The molecule has 3 rings (SSSR count). The molecule has 180 valence electrons. The fourth-order valence-electron chi connectivity index (χ4n) is 4.37. The van der Waals surface area contributed by atoms with E-state index in [9.17, 15) is 31.1 Å². The largest absolute Gasteiger partial charge is 0.416 e. The second-order valence-electron chi connectivity index (χ2n) is 8.56. The predicted molar refractivity (Wildman–Crippen MR) is 112 cm³/mol. The summed E-state index contributed by atoms with van der Waals surface area (Å²) in [5, 5.41) is 6.19. The average Bonchev–Trinajstić information content (AvgIpc) is 2.78. The first-order valence-corrected chi connectivity index (χ1v) is 10.7. The Morgan fingerprint density at radius 2 is 1.45 bits per heavy atom. The third-order valence-corrected chi connectivity index (χ3v) is 6.44. The van der Waals surface area contributed by atoms with E-state index in [1.54, 1.807) is 0 Å². The van der Waals surface area contributed by atoms with E-state index in [0.29, 0.717) is 25.0 Å². The third-order valence-electron chi connectivity index (χ3n) is 6.44. The maximum atomic E-state index is 13.3. The fourth-order valence-corrected chi connectivity index (χ4v) is 4.37. The van der Waals surface area contributed by atoms with E-state index in [0.717, 1.165) is 18.4 Å². The zero-order valence-electron chi connectivity index (χ0n) is 18.3. The van der Waals surface area contributed by atoms with Gasteiger partial charge in [0.25, 0.3) is 0 Å². The molecule has 2 aromatic carbocycles. The minimum Gasteiger partial charge on any atom is -0.346 e. The Bertz CT molecular complexity index is 931. The molecule has 1 saturated carbocycles. The Morgan fingerprint density at radius 3 is 1.91 bits per heavy atom. The zero-order valence-corrected chi connectivity index (χ0v) is 18.3. The minimum atomic E-state index is -4.97. The van der Waals surface area contributed by atoms with E-state index in [1.807, 2.05) is 37.4 Å². The highest BCUT2D eigenvalue weighted by Crippen LogP contribution is 2.40. The molecule has 0 bridgehead atoms. The van der Waals surface area contributed by atoms with Crippen LogP contribution in [0.25, 0.3) is 0 Å². The predicted octanol–water partition coefficient (Wildman–Crippen LogP) is 6.00. The number of carbonyl (C=O) groups excluding carboxylic acids is 1. The number of alkyl halides is 6. The highest BCUT2D eigenvalue weighted by molar-refractivity contribution is 5.84. The highest BCUT2D eigenvalue weighted by atomic mass is 19.4. The number of halogens is 6. The monoisotopic (exact) mass is 472 g/mol. The van der Waals surface area contributed by atoms with Gasteiger partial charge in [-0.25, -0.2) is 0 Å². The van der Waals surface area contributed by atoms with Gasteiger partial charge in [-0.05, 0) is 69.0 Å². The van der Waals surface area contributed by atoms with Crippen molar-refractivity contribution in [3.05, 3.63) is 70.8 Å². The van der Waals surface area contributed by atoms with Gasteiger partial charge in [0.05, 0.1) is 22.6 Å². The Balaban J connectivity index is 1.94. The number of hydrogen-bond donors (Lipinski definition) is 2. The minimum absolute atomic E-state index is 0.0681. The standard InChI is InChI=1S/C24H26F6N2O/c1-15(16-12-18(23(25,26)27)14-19(13-16)24(28,29)30)21(33)32-22(17-6-4-3-5-7-17)10-8-20(31-2)9-11-22/h3-7,12-15,20,31H,8-11H2,1-2H3,(H,32,33)/t15?,20-,22-. The lowest BCUT2D eigenvalue weighted by molar-refractivity contribution is -0.143. The molecular weight excluding hydrogens is 446 g/mol. The van der Waals surface area contributed by atoms with Crippen LogP contribution >= 0.6 is 0 Å². The summed E-state index contributed by atoms with van der Waals surface area (Å²) in [5.41, 5.74) is -3.07. The Hall–Kier alpha value is -2.55. The fraction of sp³-hybridized carbons (Fsp3) is 0.458. The summed E-state index contributed by atoms with van der Waals surface area (Å²) < 4.78 is 79.5. The molecule has 0 heterocycles. The van der Waals surface area contributed by atoms with E-state index >= 15 is 0 Å². The molecule has 9 heteroatoms. The Kier molecular flexibility index (Phi) is 7.12. The van der Waals surface area contributed by atoms with Crippen LogP contribution in [0.5, 0.6) is 0 Å². The van der Waals surface area contributed by atoms with E-state index < -0.39 is 40.8 Å². The van der Waals surface area contributed by atoms with Crippen LogP contribution in [0.4, 0.5) is 26.3 Å². The van der Waals surface area contributed by atoms with Gasteiger partial charge >= 0.3 is 12.4 Å². The number of carbonyl (C=O) groups is 1. The molecule has 1 fully saturated rings. The molecule has 1 atom stereocenters. The molecule has 1 amide bonds. The van der Waals surface area contributed by atoms with E-state index in [4.69, 9.17) is 0 Å². The third kappa shape index (κ3) is 5.69. The molecule has 0 aromatic heterocycles. The second kappa shape index (κ2) is 9.37. The summed E-state index contributed by atoms with van der Waals surface area (Å²) >= 11 is 0. The van der Waals surface area contributed by atoms with Crippen LogP contribution in [-0.2, 0) is 22.7 Å². The number of hydrogen-bond acceptors (Lipinski definition) is 2. The van der Waals surface area contributed by atoms with E-state index in [2.05, 4.69) is 10.6 Å². The maximum absolute atomic E-state index is 13.3. The van der Waals surface area contributed by atoms with Crippen molar-refractivity contribution in [1.82, 2.24) is 10.6 Å². The zero-order chi connectivity index (χ0) is 24.4. The van der Waals surface area contributed by atoms with Gasteiger partial charge in [0.15, 0.2) is 0 Å². The van der Waals surface area contributed by atoms with Crippen LogP contribution in [0, 0.1) is 0 Å². The lowest BCUT2D eigenvalue weighted by Crippen LogP contribution is -2.51. The van der Waals surface area contributed by atoms with Crippen molar-refractivity contribution in [2.75, 3.05) is 7.05 Å². The van der Waals surface area contributed by atoms with Crippen molar-refractivity contribution in [1.29, 1.82) is 0 Å². The topological polar surface area (TPSA) is 41.1 Å². The van der Waals surface area contributed by atoms with Crippen LogP contribution in [0.15, 0.2) is 48.5 Å². The Morgan fingerprint density at radius 1 is 0.939 bits per heavy atom. The molecule has 0 aliphatic heterocycles. The van der Waals surface area contributed by atoms with Crippen molar-refractivity contribution >= 4 is 5.91 Å².